The molecule has 178 valence electrons. The molecule has 0 unspecified atom stereocenters. The highest BCUT2D eigenvalue weighted by Crippen LogP contribution is 2.27. The van der Waals surface area contributed by atoms with E-state index in [4.69, 9.17) is 16.3 Å². The van der Waals surface area contributed by atoms with Gasteiger partial charge in [0.1, 0.15) is 4.90 Å². The van der Waals surface area contributed by atoms with Gasteiger partial charge in [-0.2, -0.15) is 0 Å². The van der Waals surface area contributed by atoms with Crippen LogP contribution in [-0.4, -0.2) is 26.9 Å². The zero-order valence-corrected chi connectivity index (χ0v) is 20.8. The molecule has 0 bridgehead atoms. The molecule has 0 fully saturated rings. The lowest BCUT2D eigenvalue weighted by Crippen LogP contribution is -2.17. The van der Waals surface area contributed by atoms with Crippen LogP contribution < -0.4 is 10.0 Å². The summed E-state index contributed by atoms with van der Waals surface area (Å²) < 4.78 is 33.5. The molecule has 7 nitrogen and oxygen atoms in total. The van der Waals surface area contributed by atoms with Crippen LogP contribution in [0.3, 0.4) is 0 Å². The van der Waals surface area contributed by atoms with Crippen molar-refractivity contribution in [3.05, 3.63) is 87.4 Å². The monoisotopic (exact) mass is 500 g/mol. The first-order valence-corrected chi connectivity index (χ1v) is 12.4. The maximum absolute atomic E-state index is 13.0. The first-order valence-electron chi connectivity index (χ1n) is 10.5. The van der Waals surface area contributed by atoms with Crippen molar-refractivity contribution in [1.82, 2.24) is 0 Å². The number of halogens is 1. The van der Waals surface area contributed by atoms with Gasteiger partial charge >= 0.3 is 5.97 Å². The van der Waals surface area contributed by atoms with Gasteiger partial charge in [-0.05, 0) is 92.9 Å². The Kier molecular flexibility index (Phi) is 7.64. The van der Waals surface area contributed by atoms with Crippen LogP contribution in [0.2, 0.25) is 5.02 Å². The Morgan fingerprint density at radius 2 is 1.59 bits per heavy atom. The van der Waals surface area contributed by atoms with Crippen molar-refractivity contribution >= 4 is 44.9 Å². The Labute approximate surface area is 204 Å². The maximum Gasteiger partial charge on any atom is 0.338 e. The van der Waals surface area contributed by atoms with Crippen LogP contribution in [0.5, 0.6) is 0 Å². The molecule has 0 aliphatic carbocycles. The number of ether oxygens (including phenoxy) is 1. The molecule has 0 aliphatic heterocycles. The SMILES string of the molecule is CCOC(=O)c1ccc(NC(=O)c2ccc(Cl)c(S(=O)(=O)Nc3ccc(C)c(C)c3)c2)c(C)c1. The Morgan fingerprint density at radius 3 is 2.24 bits per heavy atom. The number of benzene rings is 3. The van der Waals surface area contributed by atoms with Gasteiger partial charge in [-0.25, -0.2) is 13.2 Å². The number of hydrogen-bond donors (Lipinski definition) is 2. The summed E-state index contributed by atoms with van der Waals surface area (Å²) in [7, 11) is -4.04. The van der Waals surface area contributed by atoms with E-state index in [9.17, 15) is 18.0 Å². The van der Waals surface area contributed by atoms with Gasteiger partial charge in [-0.1, -0.05) is 17.7 Å². The van der Waals surface area contributed by atoms with Crippen molar-refractivity contribution in [3.63, 3.8) is 0 Å². The van der Waals surface area contributed by atoms with Crippen molar-refractivity contribution in [3.8, 4) is 0 Å². The molecule has 0 heterocycles. The third-order valence-electron chi connectivity index (χ3n) is 5.23. The zero-order valence-electron chi connectivity index (χ0n) is 19.2. The number of aryl methyl sites for hydroxylation is 3. The molecule has 34 heavy (non-hydrogen) atoms. The molecular formula is C25H25ClN2O5S. The van der Waals surface area contributed by atoms with E-state index < -0.39 is 21.9 Å². The lowest BCUT2D eigenvalue weighted by molar-refractivity contribution is 0.0526. The predicted molar refractivity (Wildman–Crippen MR) is 133 cm³/mol. The van der Waals surface area contributed by atoms with Gasteiger partial charge in [0.15, 0.2) is 0 Å². The van der Waals surface area contributed by atoms with Crippen LogP contribution in [0.4, 0.5) is 11.4 Å². The fourth-order valence-corrected chi connectivity index (χ4v) is 4.78. The molecule has 0 radical (unpaired) electrons. The summed E-state index contributed by atoms with van der Waals surface area (Å²) in [5, 5.41) is 2.73. The number of anilines is 2. The lowest BCUT2D eigenvalue weighted by Gasteiger charge is -2.13. The smallest absolute Gasteiger partial charge is 0.338 e. The first kappa shape index (κ1) is 25.3. The van der Waals surface area contributed by atoms with Crippen molar-refractivity contribution in [1.29, 1.82) is 0 Å². The molecule has 0 aliphatic rings. The number of carbonyl (C=O) groups is 2. The molecule has 0 saturated heterocycles. The second-order valence-electron chi connectivity index (χ2n) is 7.75. The van der Waals surface area contributed by atoms with E-state index in [1.165, 1.54) is 18.2 Å². The zero-order chi connectivity index (χ0) is 25.0. The van der Waals surface area contributed by atoms with Crippen molar-refractivity contribution in [2.45, 2.75) is 32.6 Å². The van der Waals surface area contributed by atoms with E-state index in [2.05, 4.69) is 10.0 Å². The van der Waals surface area contributed by atoms with Gasteiger partial charge in [-0.3, -0.25) is 9.52 Å². The normalized spacial score (nSPS) is 11.1. The van der Waals surface area contributed by atoms with Crippen LogP contribution in [-0.2, 0) is 14.8 Å². The van der Waals surface area contributed by atoms with E-state index in [1.807, 2.05) is 19.9 Å². The number of esters is 1. The highest BCUT2D eigenvalue weighted by Gasteiger charge is 2.21. The highest BCUT2D eigenvalue weighted by atomic mass is 35.5. The molecule has 9 heteroatoms. The summed E-state index contributed by atoms with van der Waals surface area (Å²) in [5.41, 5.74) is 3.97. The van der Waals surface area contributed by atoms with Gasteiger partial charge < -0.3 is 10.1 Å². The fourth-order valence-electron chi connectivity index (χ4n) is 3.21. The van der Waals surface area contributed by atoms with Crippen LogP contribution in [0.15, 0.2) is 59.5 Å². The summed E-state index contributed by atoms with van der Waals surface area (Å²) in [5.74, 6) is -0.974. The second-order valence-corrected chi connectivity index (χ2v) is 9.81. The summed E-state index contributed by atoms with van der Waals surface area (Å²) in [4.78, 5) is 24.5. The fraction of sp³-hybridized carbons (Fsp3) is 0.200. The van der Waals surface area contributed by atoms with Gasteiger partial charge in [0.25, 0.3) is 15.9 Å². The topological polar surface area (TPSA) is 102 Å². The average Bonchev–Trinajstić information content (AvgIpc) is 2.77. The average molecular weight is 501 g/mol. The minimum absolute atomic E-state index is 0.0112. The van der Waals surface area contributed by atoms with Crippen LogP contribution in [0.1, 0.15) is 44.3 Å². The van der Waals surface area contributed by atoms with Crippen molar-refractivity contribution in [2.24, 2.45) is 0 Å². The van der Waals surface area contributed by atoms with Crippen LogP contribution in [0.25, 0.3) is 0 Å². The maximum atomic E-state index is 13.0. The molecule has 1 amide bonds. The molecule has 3 aromatic rings. The third kappa shape index (κ3) is 5.76. The van der Waals surface area contributed by atoms with Gasteiger partial charge in [0.05, 0.1) is 17.2 Å². The number of sulfonamides is 1. The van der Waals surface area contributed by atoms with E-state index in [0.717, 1.165) is 11.1 Å². The molecule has 3 aromatic carbocycles. The second kappa shape index (κ2) is 10.3. The summed E-state index contributed by atoms with van der Waals surface area (Å²) >= 11 is 6.17. The summed E-state index contributed by atoms with van der Waals surface area (Å²) in [6, 6.07) is 14.0. The van der Waals surface area contributed by atoms with Crippen LogP contribution in [0, 0.1) is 20.8 Å². The minimum atomic E-state index is -4.04. The van der Waals surface area contributed by atoms with Crippen molar-refractivity contribution < 1.29 is 22.7 Å². The number of rotatable bonds is 7. The Balaban J connectivity index is 1.84. The molecule has 3 rings (SSSR count). The molecular weight excluding hydrogens is 476 g/mol. The van der Waals surface area contributed by atoms with Gasteiger partial charge in [-0.15, -0.1) is 0 Å². The lowest BCUT2D eigenvalue weighted by atomic mass is 10.1. The van der Waals surface area contributed by atoms with Crippen molar-refractivity contribution in [2.75, 3.05) is 16.6 Å². The molecule has 0 spiro atoms. The largest absolute Gasteiger partial charge is 0.462 e. The number of hydrogen-bond acceptors (Lipinski definition) is 5. The standard InChI is InChI=1S/C25H25ClN2O5S/c1-5-33-25(30)19-8-11-22(17(4)12-19)27-24(29)18-7-10-21(26)23(14-18)34(31,32)28-20-9-6-15(2)16(3)13-20/h6-14,28H,5H2,1-4H3,(H,27,29). The molecule has 0 saturated carbocycles. The van der Waals surface area contributed by atoms with E-state index in [-0.39, 0.29) is 22.1 Å². The quantitative estimate of drug-likeness (QED) is 0.417. The molecule has 0 atom stereocenters. The van der Waals surface area contributed by atoms with E-state index in [0.29, 0.717) is 22.5 Å². The van der Waals surface area contributed by atoms with Gasteiger partial charge in [0, 0.05) is 16.9 Å². The summed E-state index contributed by atoms with van der Waals surface area (Å²) in [6.45, 7) is 7.53. The van der Waals surface area contributed by atoms with E-state index in [1.54, 1.807) is 44.2 Å². The Hall–Kier alpha value is -3.36. The number of nitrogens with one attached hydrogen (secondary N) is 2. The molecule has 2 N–H and O–H groups in total. The number of carbonyl (C=O) groups excluding carboxylic acids is 2. The predicted octanol–water partition coefficient (Wildman–Crippen LogP) is 5.50. The molecule has 0 aromatic heterocycles. The third-order valence-corrected chi connectivity index (χ3v) is 7.09. The van der Waals surface area contributed by atoms with Gasteiger partial charge in [0.2, 0.25) is 0 Å². The summed E-state index contributed by atoms with van der Waals surface area (Å²) in [6.07, 6.45) is 0. The number of amides is 1. The highest BCUT2D eigenvalue weighted by molar-refractivity contribution is 7.92. The Bertz CT molecular complexity index is 1370. The first-order chi connectivity index (χ1) is 16.0. The Morgan fingerprint density at radius 1 is 0.882 bits per heavy atom. The minimum Gasteiger partial charge on any atom is -0.462 e. The van der Waals surface area contributed by atoms with E-state index >= 15 is 0 Å². The van der Waals surface area contributed by atoms with Crippen LogP contribution >= 0.6 is 11.6 Å².